The maximum absolute atomic E-state index is 11.9. The van der Waals surface area contributed by atoms with Crippen LogP contribution < -0.4 is 10.6 Å². The first-order valence-electron chi connectivity index (χ1n) is 7.87. The highest BCUT2D eigenvalue weighted by atomic mass is 16.3. The molecular formula is C17H26N2O2. The lowest BCUT2D eigenvalue weighted by Crippen LogP contribution is -2.34. The molecule has 3 unspecified atom stereocenters. The van der Waals surface area contributed by atoms with Crippen molar-refractivity contribution in [3.63, 3.8) is 0 Å². The Hall–Kier alpha value is -1.55. The van der Waals surface area contributed by atoms with E-state index in [1.807, 2.05) is 24.3 Å². The van der Waals surface area contributed by atoms with Gasteiger partial charge in [0, 0.05) is 12.2 Å². The number of rotatable bonds is 4. The normalized spacial score (nSPS) is 23.4. The Labute approximate surface area is 126 Å². The number of aliphatic hydroxyl groups is 1. The molecule has 2 rings (SSSR count). The Morgan fingerprint density at radius 2 is 2.05 bits per heavy atom. The Kier molecular flexibility index (Phi) is 5.62. The summed E-state index contributed by atoms with van der Waals surface area (Å²) in [5, 5.41) is 15.2. The van der Waals surface area contributed by atoms with Crippen LogP contribution in [0.1, 0.15) is 51.2 Å². The van der Waals surface area contributed by atoms with Gasteiger partial charge in [0.2, 0.25) is 0 Å². The van der Waals surface area contributed by atoms with E-state index >= 15 is 0 Å². The van der Waals surface area contributed by atoms with Gasteiger partial charge in [-0.1, -0.05) is 31.9 Å². The summed E-state index contributed by atoms with van der Waals surface area (Å²) in [6.07, 6.45) is 4.53. The van der Waals surface area contributed by atoms with E-state index in [-0.39, 0.29) is 6.03 Å². The van der Waals surface area contributed by atoms with Crippen LogP contribution in [0.5, 0.6) is 0 Å². The zero-order valence-electron chi connectivity index (χ0n) is 12.9. The smallest absolute Gasteiger partial charge is 0.319 e. The second-order valence-corrected chi connectivity index (χ2v) is 6.27. The van der Waals surface area contributed by atoms with Gasteiger partial charge < -0.3 is 15.7 Å². The third-order valence-corrected chi connectivity index (χ3v) is 4.25. The van der Waals surface area contributed by atoms with Crippen molar-refractivity contribution in [1.29, 1.82) is 0 Å². The molecule has 0 aliphatic heterocycles. The van der Waals surface area contributed by atoms with Crippen LogP contribution in [0.2, 0.25) is 0 Å². The quantitative estimate of drug-likeness (QED) is 0.792. The zero-order valence-corrected chi connectivity index (χ0v) is 12.9. The molecule has 3 N–H and O–H groups in total. The van der Waals surface area contributed by atoms with Gasteiger partial charge in [0.1, 0.15) is 0 Å². The lowest BCUT2D eigenvalue weighted by atomic mass is 9.82. The molecule has 2 amide bonds. The van der Waals surface area contributed by atoms with E-state index in [9.17, 15) is 9.90 Å². The number of amides is 2. The molecule has 0 bridgehead atoms. The van der Waals surface area contributed by atoms with Gasteiger partial charge in [0.25, 0.3) is 0 Å². The van der Waals surface area contributed by atoms with E-state index in [2.05, 4.69) is 17.6 Å². The SMILES string of the molecule is CC1CCCC(CNC(=O)Nc2ccc(C(C)O)cc2)C1. The average molecular weight is 290 g/mol. The summed E-state index contributed by atoms with van der Waals surface area (Å²) >= 11 is 0. The summed E-state index contributed by atoms with van der Waals surface area (Å²) in [7, 11) is 0. The molecule has 116 valence electrons. The largest absolute Gasteiger partial charge is 0.389 e. The molecule has 1 fully saturated rings. The van der Waals surface area contributed by atoms with Crippen molar-refractivity contribution in [1.82, 2.24) is 5.32 Å². The monoisotopic (exact) mass is 290 g/mol. The molecule has 0 heterocycles. The number of benzene rings is 1. The molecule has 1 aromatic rings. The van der Waals surface area contributed by atoms with Crippen molar-refractivity contribution >= 4 is 11.7 Å². The summed E-state index contributed by atoms with van der Waals surface area (Å²) in [6.45, 7) is 4.76. The predicted molar refractivity (Wildman–Crippen MR) is 85.2 cm³/mol. The van der Waals surface area contributed by atoms with Crippen LogP contribution >= 0.6 is 0 Å². The van der Waals surface area contributed by atoms with Gasteiger partial charge in [-0.3, -0.25) is 0 Å². The fraction of sp³-hybridized carbons (Fsp3) is 0.588. The van der Waals surface area contributed by atoms with E-state index < -0.39 is 6.10 Å². The van der Waals surface area contributed by atoms with E-state index in [0.29, 0.717) is 5.92 Å². The molecule has 1 aliphatic rings. The summed E-state index contributed by atoms with van der Waals surface area (Å²) in [5.74, 6) is 1.39. The fourth-order valence-corrected chi connectivity index (χ4v) is 3.00. The number of anilines is 1. The van der Waals surface area contributed by atoms with Crippen LogP contribution in [0.15, 0.2) is 24.3 Å². The Bertz CT molecular complexity index is 456. The third-order valence-electron chi connectivity index (χ3n) is 4.25. The number of carbonyl (C=O) groups excluding carboxylic acids is 1. The van der Waals surface area contributed by atoms with Gasteiger partial charge in [0.05, 0.1) is 6.10 Å². The van der Waals surface area contributed by atoms with Gasteiger partial charge >= 0.3 is 6.03 Å². The molecule has 4 nitrogen and oxygen atoms in total. The highest BCUT2D eigenvalue weighted by molar-refractivity contribution is 5.89. The van der Waals surface area contributed by atoms with Crippen molar-refractivity contribution in [2.24, 2.45) is 11.8 Å². The molecule has 0 radical (unpaired) electrons. The minimum atomic E-state index is -0.485. The molecule has 0 saturated heterocycles. The first-order valence-corrected chi connectivity index (χ1v) is 7.87. The van der Waals surface area contributed by atoms with E-state index in [1.54, 1.807) is 6.92 Å². The Morgan fingerprint density at radius 3 is 2.67 bits per heavy atom. The van der Waals surface area contributed by atoms with Crippen LogP contribution in [0.3, 0.4) is 0 Å². The Morgan fingerprint density at radius 1 is 1.33 bits per heavy atom. The lowest BCUT2D eigenvalue weighted by molar-refractivity contribution is 0.199. The van der Waals surface area contributed by atoms with E-state index in [4.69, 9.17) is 0 Å². The molecule has 1 saturated carbocycles. The van der Waals surface area contributed by atoms with E-state index in [0.717, 1.165) is 23.7 Å². The number of hydrogen-bond acceptors (Lipinski definition) is 2. The zero-order chi connectivity index (χ0) is 15.2. The van der Waals surface area contributed by atoms with Crippen LogP contribution in [0, 0.1) is 11.8 Å². The molecule has 21 heavy (non-hydrogen) atoms. The molecule has 4 heteroatoms. The van der Waals surface area contributed by atoms with Crippen molar-refractivity contribution in [3.8, 4) is 0 Å². The summed E-state index contributed by atoms with van der Waals surface area (Å²) in [5.41, 5.74) is 1.59. The third kappa shape index (κ3) is 5.05. The first-order chi connectivity index (χ1) is 10.0. The van der Waals surface area contributed by atoms with E-state index in [1.165, 1.54) is 25.7 Å². The number of carbonyl (C=O) groups is 1. The van der Waals surface area contributed by atoms with Gasteiger partial charge in [-0.25, -0.2) is 4.79 Å². The molecule has 3 atom stereocenters. The van der Waals surface area contributed by atoms with Crippen LogP contribution in [0.4, 0.5) is 10.5 Å². The number of urea groups is 1. The molecule has 1 aliphatic carbocycles. The van der Waals surface area contributed by atoms with Gasteiger partial charge in [-0.2, -0.15) is 0 Å². The van der Waals surface area contributed by atoms with Crippen molar-refractivity contribution in [2.75, 3.05) is 11.9 Å². The first kappa shape index (κ1) is 15.8. The van der Waals surface area contributed by atoms with Crippen molar-refractivity contribution in [2.45, 2.75) is 45.6 Å². The number of hydrogen-bond donors (Lipinski definition) is 3. The molecule has 1 aromatic carbocycles. The summed E-state index contributed by atoms with van der Waals surface area (Å²) in [4.78, 5) is 11.9. The van der Waals surface area contributed by atoms with Gasteiger partial charge in [-0.05, 0) is 49.3 Å². The number of aliphatic hydroxyl groups excluding tert-OH is 1. The van der Waals surface area contributed by atoms with Gasteiger partial charge in [-0.15, -0.1) is 0 Å². The maximum Gasteiger partial charge on any atom is 0.319 e. The lowest BCUT2D eigenvalue weighted by Gasteiger charge is -2.26. The van der Waals surface area contributed by atoms with Crippen molar-refractivity contribution < 1.29 is 9.90 Å². The Balaban J connectivity index is 1.76. The minimum absolute atomic E-state index is 0.155. The second-order valence-electron chi connectivity index (χ2n) is 6.27. The van der Waals surface area contributed by atoms with Gasteiger partial charge in [0.15, 0.2) is 0 Å². The minimum Gasteiger partial charge on any atom is -0.389 e. The van der Waals surface area contributed by atoms with Crippen LogP contribution in [-0.2, 0) is 0 Å². The maximum atomic E-state index is 11.9. The van der Waals surface area contributed by atoms with Crippen LogP contribution in [0.25, 0.3) is 0 Å². The molecule has 0 aromatic heterocycles. The topological polar surface area (TPSA) is 61.4 Å². The molecule has 0 spiro atoms. The molecular weight excluding hydrogens is 264 g/mol. The van der Waals surface area contributed by atoms with Crippen molar-refractivity contribution in [3.05, 3.63) is 29.8 Å². The summed E-state index contributed by atoms with van der Waals surface area (Å²) < 4.78 is 0. The second kappa shape index (κ2) is 7.46. The fourth-order valence-electron chi connectivity index (χ4n) is 3.00. The predicted octanol–water partition coefficient (Wildman–Crippen LogP) is 3.69. The number of nitrogens with one attached hydrogen (secondary N) is 2. The van der Waals surface area contributed by atoms with Crippen LogP contribution in [-0.4, -0.2) is 17.7 Å². The standard InChI is InChI=1S/C17H26N2O2/c1-12-4-3-5-14(10-12)11-18-17(21)19-16-8-6-15(7-9-16)13(2)20/h6-9,12-14,20H,3-5,10-11H2,1-2H3,(H2,18,19,21). The average Bonchev–Trinajstić information content (AvgIpc) is 2.46. The summed E-state index contributed by atoms with van der Waals surface area (Å²) in [6, 6.07) is 7.11. The highest BCUT2D eigenvalue weighted by Gasteiger charge is 2.19. The highest BCUT2D eigenvalue weighted by Crippen LogP contribution is 2.27.